The molecule has 24 heavy (non-hydrogen) atoms. The maximum atomic E-state index is 12.6. The van der Waals surface area contributed by atoms with E-state index in [2.05, 4.69) is 33.0 Å². The summed E-state index contributed by atoms with van der Waals surface area (Å²) in [6.07, 6.45) is 0. The fourth-order valence-corrected chi connectivity index (χ4v) is 3.30. The topological polar surface area (TPSA) is 46.9 Å². The van der Waals surface area contributed by atoms with Crippen LogP contribution < -0.4 is 5.32 Å². The molecule has 122 valence electrons. The number of carbonyl (C=O) groups excluding carboxylic acids is 1. The van der Waals surface area contributed by atoms with Crippen LogP contribution in [0.3, 0.4) is 0 Å². The zero-order valence-electron chi connectivity index (χ0n) is 13.0. The molecule has 0 fully saturated rings. The van der Waals surface area contributed by atoms with Crippen molar-refractivity contribution in [2.45, 2.75) is 13.5 Å². The van der Waals surface area contributed by atoms with Crippen LogP contribution in [-0.4, -0.2) is 15.7 Å². The van der Waals surface area contributed by atoms with Gasteiger partial charge in [-0.05, 0) is 53.3 Å². The van der Waals surface area contributed by atoms with E-state index in [1.807, 2.05) is 54.6 Å². The molecule has 0 aliphatic carbocycles. The van der Waals surface area contributed by atoms with Gasteiger partial charge in [-0.25, -0.2) is 4.68 Å². The Morgan fingerprint density at radius 3 is 2.67 bits per heavy atom. The Hall–Kier alpha value is -1.86. The van der Waals surface area contributed by atoms with Gasteiger partial charge in [0.2, 0.25) is 0 Å². The number of amides is 1. The van der Waals surface area contributed by atoms with Crippen molar-refractivity contribution < 1.29 is 4.79 Å². The molecule has 0 saturated carbocycles. The van der Waals surface area contributed by atoms with Gasteiger partial charge in [-0.3, -0.25) is 4.79 Å². The van der Waals surface area contributed by atoms with E-state index in [0.717, 1.165) is 14.8 Å². The van der Waals surface area contributed by atoms with Crippen LogP contribution in [-0.2, 0) is 6.54 Å². The molecule has 3 rings (SSSR count). The van der Waals surface area contributed by atoms with Crippen LogP contribution in [0.15, 0.2) is 54.6 Å². The number of aryl methyl sites for hydroxylation is 1. The Labute approximate surface area is 159 Å². The maximum absolute atomic E-state index is 12.6. The molecule has 0 radical (unpaired) electrons. The Morgan fingerprint density at radius 1 is 1.21 bits per heavy atom. The predicted octanol–water partition coefficient (Wildman–Crippen LogP) is 4.75. The van der Waals surface area contributed by atoms with Crippen LogP contribution in [0.4, 0.5) is 5.69 Å². The Balaban J connectivity index is 1.84. The number of carbonyl (C=O) groups is 1. The minimum Gasteiger partial charge on any atom is -0.322 e. The molecular weight excluding hydrogens is 437 g/mol. The summed E-state index contributed by atoms with van der Waals surface area (Å²) in [5, 5.41) is 7.63. The monoisotopic (exact) mass is 451 g/mol. The molecule has 1 amide bonds. The zero-order chi connectivity index (χ0) is 17.1. The molecule has 1 N–H and O–H groups in total. The van der Waals surface area contributed by atoms with Crippen molar-refractivity contribution in [3.8, 4) is 0 Å². The van der Waals surface area contributed by atoms with Gasteiger partial charge in [0, 0.05) is 9.26 Å². The summed E-state index contributed by atoms with van der Waals surface area (Å²) >= 11 is 8.61. The van der Waals surface area contributed by atoms with E-state index in [1.54, 1.807) is 11.6 Å². The van der Waals surface area contributed by atoms with Gasteiger partial charge < -0.3 is 5.32 Å². The van der Waals surface area contributed by atoms with Gasteiger partial charge in [0.05, 0.1) is 17.8 Å². The lowest BCUT2D eigenvalue weighted by atomic mass is 10.2. The van der Waals surface area contributed by atoms with Crippen LogP contribution in [0, 0.1) is 10.5 Å². The Kier molecular flexibility index (Phi) is 5.20. The largest absolute Gasteiger partial charge is 0.322 e. The van der Waals surface area contributed by atoms with E-state index in [9.17, 15) is 4.79 Å². The van der Waals surface area contributed by atoms with Crippen molar-refractivity contribution >= 4 is 45.8 Å². The number of nitrogens with zero attached hydrogens (tertiary/aromatic N) is 2. The number of halogens is 2. The van der Waals surface area contributed by atoms with E-state index in [-0.39, 0.29) is 5.91 Å². The molecule has 3 aromatic rings. The van der Waals surface area contributed by atoms with Gasteiger partial charge in [0.25, 0.3) is 5.91 Å². The van der Waals surface area contributed by atoms with Gasteiger partial charge in [-0.1, -0.05) is 48.0 Å². The fraction of sp³-hybridized carbons (Fsp3) is 0.111. The molecule has 0 bridgehead atoms. The SMILES string of the molecule is Cc1nn(Cc2ccccc2)c(Cl)c1C(=O)Nc1cccc(I)c1. The first-order valence-corrected chi connectivity index (χ1v) is 8.84. The normalized spacial score (nSPS) is 10.6. The molecule has 1 heterocycles. The number of benzene rings is 2. The van der Waals surface area contributed by atoms with Gasteiger partial charge in [-0.2, -0.15) is 5.10 Å². The maximum Gasteiger partial charge on any atom is 0.260 e. The Bertz CT molecular complexity index is 877. The smallest absolute Gasteiger partial charge is 0.260 e. The molecule has 0 aliphatic rings. The van der Waals surface area contributed by atoms with Crippen LogP contribution in [0.2, 0.25) is 5.15 Å². The summed E-state index contributed by atoms with van der Waals surface area (Å²) in [5.41, 5.74) is 2.83. The summed E-state index contributed by atoms with van der Waals surface area (Å²) in [7, 11) is 0. The number of hydrogen-bond donors (Lipinski definition) is 1. The molecule has 0 spiro atoms. The minimum atomic E-state index is -0.251. The van der Waals surface area contributed by atoms with Gasteiger partial charge in [-0.15, -0.1) is 0 Å². The van der Waals surface area contributed by atoms with E-state index in [1.165, 1.54) is 0 Å². The third kappa shape index (κ3) is 3.79. The van der Waals surface area contributed by atoms with E-state index in [4.69, 9.17) is 11.6 Å². The number of hydrogen-bond acceptors (Lipinski definition) is 2. The van der Waals surface area contributed by atoms with Crippen molar-refractivity contribution in [2.24, 2.45) is 0 Å². The predicted molar refractivity (Wildman–Crippen MR) is 105 cm³/mol. The van der Waals surface area contributed by atoms with Gasteiger partial charge >= 0.3 is 0 Å². The zero-order valence-corrected chi connectivity index (χ0v) is 15.9. The van der Waals surface area contributed by atoms with Crippen molar-refractivity contribution in [1.82, 2.24) is 9.78 Å². The molecule has 0 atom stereocenters. The minimum absolute atomic E-state index is 0.251. The second-order valence-corrected chi connectivity index (χ2v) is 6.96. The first-order valence-electron chi connectivity index (χ1n) is 7.38. The average molecular weight is 452 g/mol. The van der Waals surface area contributed by atoms with Crippen molar-refractivity contribution in [2.75, 3.05) is 5.32 Å². The first kappa shape index (κ1) is 17.0. The van der Waals surface area contributed by atoms with Gasteiger partial charge in [0.1, 0.15) is 5.15 Å². The summed E-state index contributed by atoms with van der Waals surface area (Å²) < 4.78 is 2.70. The van der Waals surface area contributed by atoms with E-state index in [0.29, 0.717) is 23.0 Å². The molecule has 6 heteroatoms. The highest BCUT2D eigenvalue weighted by Crippen LogP contribution is 2.23. The van der Waals surface area contributed by atoms with E-state index >= 15 is 0 Å². The fourth-order valence-electron chi connectivity index (χ4n) is 2.43. The van der Waals surface area contributed by atoms with Crippen LogP contribution in [0.25, 0.3) is 0 Å². The number of anilines is 1. The molecule has 4 nitrogen and oxygen atoms in total. The van der Waals surface area contributed by atoms with Crippen molar-refractivity contribution in [3.63, 3.8) is 0 Å². The molecule has 2 aromatic carbocycles. The summed E-state index contributed by atoms with van der Waals surface area (Å²) in [4.78, 5) is 12.6. The average Bonchev–Trinajstić information content (AvgIpc) is 2.82. The van der Waals surface area contributed by atoms with E-state index < -0.39 is 0 Å². The number of nitrogens with one attached hydrogen (secondary N) is 1. The van der Waals surface area contributed by atoms with Crippen LogP contribution in [0.1, 0.15) is 21.6 Å². The number of aromatic nitrogens is 2. The second kappa shape index (κ2) is 7.36. The lowest BCUT2D eigenvalue weighted by molar-refractivity contribution is 0.102. The first-order chi connectivity index (χ1) is 11.5. The molecule has 1 aromatic heterocycles. The van der Waals surface area contributed by atoms with Gasteiger partial charge in [0.15, 0.2) is 0 Å². The van der Waals surface area contributed by atoms with Crippen molar-refractivity contribution in [3.05, 3.63) is 80.1 Å². The third-order valence-electron chi connectivity index (χ3n) is 3.55. The van der Waals surface area contributed by atoms with Crippen molar-refractivity contribution in [1.29, 1.82) is 0 Å². The van der Waals surface area contributed by atoms with Crippen LogP contribution >= 0.6 is 34.2 Å². The molecule has 0 aliphatic heterocycles. The lowest BCUT2D eigenvalue weighted by Gasteiger charge is -2.06. The standard InChI is InChI=1S/C18H15ClIN3O/c1-12-16(18(24)21-15-9-5-8-14(20)10-15)17(19)23(22-12)11-13-6-3-2-4-7-13/h2-10H,11H2,1H3,(H,21,24). The summed E-state index contributed by atoms with van der Waals surface area (Å²) in [6.45, 7) is 2.31. The second-order valence-electron chi connectivity index (χ2n) is 5.36. The van der Waals surface area contributed by atoms with Crippen LogP contribution in [0.5, 0.6) is 0 Å². The summed E-state index contributed by atoms with van der Waals surface area (Å²) in [6, 6.07) is 17.5. The molecular formula is C18H15ClIN3O. The molecule has 0 unspecified atom stereocenters. The highest BCUT2D eigenvalue weighted by atomic mass is 127. The highest BCUT2D eigenvalue weighted by molar-refractivity contribution is 14.1. The molecule has 0 saturated heterocycles. The lowest BCUT2D eigenvalue weighted by Crippen LogP contribution is -2.13. The quantitative estimate of drug-likeness (QED) is 0.582. The Morgan fingerprint density at radius 2 is 1.96 bits per heavy atom. The highest BCUT2D eigenvalue weighted by Gasteiger charge is 2.20. The number of rotatable bonds is 4. The third-order valence-corrected chi connectivity index (χ3v) is 4.61. The summed E-state index contributed by atoms with van der Waals surface area (Å²) in [5.74, 6) is -0.251.